The molecule has 0 saturated carbocycles. The highest BCUT2D eigenvalue weighted by Gasteiger charge is 2.24. The van der Waals surface area contributed by atoms with Crippen molar-refractivity contribution in [1.82, 2.24) is 5.32 Å². The van der Waals surface area contributed by atoms with E-state index in [1.165, 1.54) is 6.42 Å². The van der Waals surface area contributed by atoms with Gasteiger partial charge in [-0.05, 0) is 33.6 Å². The molecule has 0 spiro atoms. The molecule has 10 heavy (non-hydrogen) atoms. The van der Waals surface area contributed by atoms with Gasteiger partial charge in [-0.25, -0.2) is 0 Å². The van der Waals surface area contributed by atoms with Crippen LogP contribution in [0.5, 0.6) is 0 Å². The van der Waals surface area contributed by atoms with Gasteiger partial charge < -0.3 is 5.32 Å². The van der Waals surface area contributed by atoms with Gasteiger partial charge in [0.2, 0.25) is 0 Å². The van der Waals surface area contributed by atoms with Crippen LogP contribution in [-0.4, -0.2) is 24.1 Å². The summed E-state index contributed by atoms with van der Waals surface area (Å²) < 4.78 is 0.365. The molecule has 0 aromatic carbocycles. The molecule has 62 valence electrons. The summed E-state index contributed by atoms with van der Waals surface area (Å²) in [6.45, 7) is 6.78. The van der Waals surface area contributed by atoms with Crippen molar-refractivity contribution in [3.63, 3.8) is 0 Å². The average Bonchev–Trinajstić information content (AvgIpc) is 1.90. The van der Waals surface area contributed by atoms with Crippen LogP contribution in [0, 0.1) is 0 Å². The fourth-order valence-electron chi connectivity index (χ4n) is 1.19. The molecule has 2 heteroatoms. The van der Waals surface area contributed by atoms with Crippen molar-refractivity contribution < 1.29 is 0 Å². The van der Waals surface area contributed by atoms with Crippen LogP contribution in [0.4, 0.5) is 0 Å². The molecule has 0 fully saturated rings. The summed E-state index contributed by atoms with van der Waals surface area (Å²) in [4.78, 5) is 0. The van der Waals surface area contributed by atoms with Gasteiger partial charge in [-0.15, -0.1) is 0 Å². The Morgan fingerprint density at radius 1 is 1.50 bits per heavy atom. The van der Waals surface area contributed by atoms with Crippen molar-refractivity contribution in [3.05, 3.63) is 0 Å². The molecule has 0 saturated heterocycles. The van der Waals surface area contributed by atoms with E-state index < -0.39 is 0 Å². The minimum absolute atomic E-state index is 0.365. The van der Waals surface area contributed by atoms with Gasteiger partial charge in [0.15, 0.2) is 0 Å². The van der Waals surface area contributed by atoms with Gasteiger partial charge in [-0.1, -0.05) is 6.92 Å². The lowest BCUT2D eigenvalue weighted by Gasteiger charge is -2.31. The maximum atomic E-state index is 3.32. The Hall–Kier alpha value is 0.310. The lowest BCUT2D eigenvalue weighted by Crippen LogP contribution is -2.42. The number of rotatable bonds is 4. The van der Waals surface area contributed by atoms with Crippen molar-refractivity contribution in [3.8, 4) is 0 Å². The second kappa shape index (κ2) is 4.24. The van der Waals surface area contributed by atoms with Crippen LogP contribution in [0.15, 0.2) is 0 Å². The first kappa shape index (κ1) is 10.3. The van der Waals surface area contributed by atoms with E-state index in [-0.39, 0.29) is 0 Å². The molecule has 1 nitrogen and oxygen atoms in total. The maximum Gasteiger partial charge on any atom is 0.0253 e. The third-order valence-electron chi connectivity index (χ3n) is 2.12. The van der Waals surface area contributed by atoms with Crippen molar-refractivity contribution in [2.24, 2.45) is 0 Å². The smallest absolute Gasteiger partial charge is 0.0253 e. The van der Waals surface area contributed by atoms with Gasteiger partial charge in [0.1, 0.15) is 0 Å². The summed E-state index contributed by atoms with van der Waals surface area (Å²) in [5.41, 5.74) is 0. The monoisotopic (exact) mass is 161 g/mol. The molecule has 0 aliphatic carbocycles. The van der Waals surface area contributed by atoms with Crippen molar-refractivity contribution >= 4 is 11.8 Å². The van der Waals surface area contributed by atoms with Crippen LogP contribution >= 0.6 is 11.8 Å². The molecule has 0 rings (SSSR count). The number of hydrogen-bond donors (Lipinski definition) is 1. The van der Waals surface area contributed by atoms with Crippen LogP contribution < -0.4 is 5.32 Å². The van der Waals surface area contributed by atoms with Gasteiger partial charge in [0, 0.05) is 10.8 Å². The molecule has 1 atom stereocenters. The van der Waals surface area contributed by atoms with E-state index in [9.17, 15) is 0 Å². The van der Waals surface area contributed by atoms with E-state index in [0.29, 0.717) is 10.8 Å². The Labute approximate surface area is 69.0 Å². The normalized spacial score (nSPS) is 15.3. The Morgan fingerprint density at radius 3 is 2.10 bits per heavy atom. The Bertz CT molecular complexity index is 87.3. The summed E-state index contributed by atoms with van der Waals surface area (Å²) in [7, 11) is 2.03. The number of thioether (sulfide) groups is 1. The fraction of sp³-hybridized carbons (Fsp3) is 1.00. The molecular formula is C8H19NS. The third-order valence-corrected chi connectivity index (χ3v) is 3.46. The Kier molecular flexibility index (Phi) is 4.37. The van der Waals surface area contributed by atoms with Gasteiger partial charge in [0.25, 0.3) is 0 Å². The molecule has 1 unspecified atom stereocenters. The highest BCUT2D eigenvalue weighted by Crippen LogP contribution is 2.26. The zero-order valence-electron chi connectivity index (χ0n) is 7.69. The summed E-state index contributed by atoms with van der Waals surface area (Å²) in [6.07, 6.45) is 3.37. The summed E-state index contributed by atoms with van der Waals surface area (Å²) in [5.74, 6) is 0. The van der Waals surface area contributed by atoms with Crippen LogP contribution in [-0.2, 0) is 0 Å². The van der Waals surface area contributed by atoms with Gasteiger partial charge in [-0.3, -0.25) is 0 Å². The second-order valence-corrected chi connectivity index (χ2v) is 4.52. The molecular weight excluding hydrogens is 142 g/mol. The fourth-order valence-corrected chi connectivity index (χ4v) is 1.75. The standard InChI is InChI=1S/C8H19NS/c1-6-7(9-4)8(2,3)10-5/h7,9H,6H2,1-5H3. The minimum Gasteiger partial charge on any atom is -0.316 e. The van der Waals surface area contributed by atoms with Crippen LogP contribution in [0.1, 0.15) is 27.2 Å². The predicted octanol–water partition coefficient (Wildman–Crippen LogP) is 2.13. The lowest BCUT2D eigenvalue weighted by molar-refractivity contribution is 0.452. The summed E-state index contributed by atoms with van der Waals surface area (Å²) in [5, 5.41) is 3.32. The van der Waals surface area contributed by atoms with Gasteiger partial charge in [0.05, 0.1) is 0 Å². The molecule has 1 N–H and O–H groups in total. The third kappa shape index (κ3) is 2.51. The highest BCUT2D eigenvalue weighted by molar-refractivity contribution is 8.00. The topological polar surface area (TPSA) is 12.0 Å². The van der Waals surface area contributed by atoms with E-state index in [0.717, 1.165) is 0 Å². The van der Waals surface area contributed by atoms with Crippen LogP contribution in [0.25, 0.3) is 0 Å². The molecule has 0 amide bonds. The van der Waals surface area contributed by atoms with Crippen molar-refractivity contribution in [1.29, 1.82) is 0 Å². The molecule has 0 heterocycles. The molecule has 0 aromatic heterocycles. The van der Waals surface area contributed by atoms with Gasteiger partial charge in [-0.2, -0.15) is 11.8 Å². The molecule has 0 bridgehead atoms. The van der Waals surface area contributed by atoms with E-state index >= 15 is 0 Å². The van der Waals surface area contributed by atoms with E-state index in [2.05, 4.69) is 32.3 Å². The maximum absolute atomic E-state index is 3.32. The molecule has 0 aliphatic rings. The van der Waals surface area contributed by atoms with Crippen LogP contribution in [0.2, 0.25) is 0 Å². The van der Waals surface area contributed by atoms with Crippen molar-refractivity contribution in [2.75, 3.05) is 13.3 Å². The molecule has 0 radical (unpaired) electrons. The largest absolute Gasteiger partial charge is 0.316 e. The van der Waals surface area contributed by atoms with E-state index in [1.54, 1.807) is 0 Å². The number of hydrogen-bond acceptors (Lipinski definition) is 2. The predicted molar refractivity (Wildman–Crippen MR) is 50.7 cm³/mol. The highest BCUT2D eigenvalue weighted by atomic mass is 32.2. The van der Waals surface area contributed by atoms with Gasteiger partial charge >= 0.3 is 0 Å². The SMILES string of the molecule is CCC(NC)C(C)(C)SC. The quantitative estimate of drug-likeness (QED) is 0.678. The van der Waals surface area contributed by atoms with Crippen LogP contribution in [0.3, 0.4) is 0 Å². The zero-order chi connectivity index (χ0) is 8.20. The first-order valence-electron chi connectivity index (χ1n) is 3.81. The Balaban J connectivity index is 3.97. The van der Waals surface area contributed by atoms with Crippen molar-refractivity contribution in [2.45, 2.75) is 38.0 Å². The second-order valence-electron chi connectivity index (χ2n) is 3.06. The first-order valence-corrected chi connectivity index (χ1v) is 5.03. The first-order chi connectivity index (χ1) is 4.58. The number of nitrogens with one attached hydrogen (secondary N) is 1. The zero-order valence-corrected chi connectivity index (χ0v) is 8.51. The lowest BCUT2D eigenvalue weighted by atomic mass is 10.0. The summed E-state index contributed by atoms with van der Waals surface area (Å²) >= 11 is 1.92. The van der Waals surface area contributed by atoms with E-state index in [4.69, 9.17) is 0 Å². The molecule has 0 aliphatic heterocycles. The molecule has 0 aromatic rings. The summed E-state index contributed by atoms with van der Waals surface area (Å²) in [6, 6.07) is 0.627. The Morgan fingerprint density at radius 2 is 2.00 bits per heavy atom. The van der Waals surface area contributed by atoms with E-state index in [1.807, 2.05) is 18.8 Å². The average molecular weight is 161 g/mol. The minimum atomic E-state index is 0.365.